The topological polar surface area (TPSA) is 35.2 Å². The van der Waals surface area contributed by atoms with E-state index in [0.717, 1.165) is 22.2 Å². The molecular formula is C14H20ClNO. The summed E-state index contributed by atoms with van der Waals surface area (Å²) < 4.78 is 5.94. The van der Waals surface area contributed by atoms with E-state index in [-0.39, 0.29) is 0 Å². The van der Waals surface area contributed by atoms with Crippen LogP contribution in [0.2, 0.25) is 5.02 Å². The first-order valence-electron chi connectivity index (χ1n) is 6.30. The third-order valence-electron chi connectivity index (χ3n) is 3.47. The second-order valence-corrected chi connectivity index (χ2v) is 5.48. The second kappa shape index (κ2) is 5.74. The Labute approximate surface area is 108 Å². The maximum atomic E-state index is 5.95. The van der Waals surface area contributed by atoms with Crippen molar-refractivity contribution in [1.82, 2.24) is 0 Å². The Morgan fingerprint density at radius 3 is 3.00 bits per heavy atom. The number of ether oxygens (including phenoxy) is 1. The molecule has 17 heavy (non-hydrogen) atoms. The zero-order valence-corrected chi connectivity index (χ0v) is 11.0. The van der Waals surface area contributed by atoms with Crippen LogP contribution in [0.15, 0.2) is 18.2 Å². The predicted octanol–water partition coefficient (Wildman–Crippen LogP) is 4.02. The van der Waals surface area contributed by atoms with Crippen LogP contribution in [0.3, 0.4) is 0 Å². The maximum absolute atomic E-state index is 5.95. The van der Waals surface area contributed by atoms with Crippen LogP contribution in [0.4, 0.5) is 5.69 Å². The van der Waals surface area contributed by atoms with Gasteiger partial charge in [0.25, 0.3) is 0 Å². The van der Waals surface area contributed by atoms with Crippen molar-refractivity contribution in [3.8, 4) is 0 Å². The van der Waals surface area contributed by atoms with Crippen LogP contribution in [0.5, 0.6) is 0 Å². The first-order valence-corrected chi connectivity index (χ1v) is 6.68. The van der Waals surface area contributed by atoms with Crippen LogP contribution >= 0.6 is 11.6 Å². The van der Waals surface area contributed by atoms with Crippen molar-refractivity contribution in [3.05, 3.63) is 28.8 Å². The molecule has 1 aromatic rings. The number of hydrogen-bond acceptors (Lipinski definition) is 2. The van der Waals surface area contributed by atoms with Gasteiger partial charge >= 0.3 is 0 Å². The molecule has 0 spiro atoms. The molecule has 2 unspecified atom stereocenters. The van der Waals surface area contributed by atoms with Gasteiger partial charge in [0.05, 0.1) is 12.7 Å². The molecule has 0 saturated heterocycles. The summed E-state index contributed by atoms with van der Waals surface area (Å²) >= 11 is 5.95. The van der Waals surface area contributed by atoms with Crippen molar-refractivity contribution in [1.29, 1.82) is 0 Å². The zero-order chi connectivity index (χ0) is 12.3. The zero-order valence-electron chi connectivity index (χ0n) is 10.3. The number of nitrogen functional groups attached to an aromatic ring is 1. The van der Waals surface area contributed by atoms with Crippen LogP contribution in [-0.4, -0.2) is 6.10 Å². The van der Waals surface area contributed by atoms with Gasteiger partial charge < -0.3 is 10.5 Å². The summed E-state index contributed by atoms with van der Waals surface area (Å²) in [7, 11) is 0. The first-order chi connectivity index (χ1) is 8.15. The molecule has 1 aliphatic carbocycles. The standard InChI is InChI=1S/C14H20ClNO/c1-10-3-2-4-13(7-10)17-9-11-8-12(15)5-6-14(11)16/h5-6,8,10,13H,2-4,7,9,16H2,1H3. The highest BCUT2D eigenvalue weighted by Gasteiger charge is 2.19. The lowest BCUT2D eigenvalue weighted by Crippen LogP contribution is -2.21. The number of rotatable bonds is 3. The Morgan fingerprint density at radius 1 is 1.41 bits per heavy atom. The summed E-state index contributed by atoms with van der Waals surface area (Å²) in [5.74, 6) is 0.783. The van der Waals surface area contributed by atoms with E-state index in [1.54, 1.807) is 0 Å². The van der Waals surface area contributed by atoms with Crippen molar-refractivity contribution in [2.75, 3.05) is 5.73 Å². The monoisotopic (exact) mass is 253 g/mol. The third kappa shape index (κ3) is 3.62. The van der Waals surface area contributed by atoms with Crippen molar-refractivity contribution in [2.24, 2.45) is 5.92 Å². The van der Waals surface area contributed by atoms with Crippen LogP contribution in [0.1, 0.15) is 38.2 Å². The van der Waals surface area contributed by atoms with Crippen LogP contribution in [0.25, 0.3) is 0 Å². The van der Waals surface area contributed by atoms with Crippen LogP contribution in [0, 0.1) is 5.92 Å². The highest BCUT2D eigenvalue weighted by molar-refractivity contribution is 6.30. The average Bonchev–Trinajstić information content (AvgIpc) is 2.30. The average molecular weight is 254 g/mol. The van der Waals surface area contributed by atoms with Crippen LogP contribution in [-0.2, 0) is 11.3 Å². The van der Waals surface area contributed by atoms with E-state index >= 15 is 0 Å². The molecule has 2 atom stereocenters. The minimum atomic E-state index is 0.386. The largest absolute Gasteiger partial charge is 0.398 e. The van der Waals surface area contributed by atoms with E-state index in [0.29, 0.717) is 12.7 Å². The molecule has 3 heteroatoms. The molecule has 2 rings (SSSR count). The van der Waals surface area contributed by atoms with Crippen molar-refractivity contribution in [3.63, 3.8) is 0 Å². The van der Waals surface area contributed by atoms with Gasteiger partial charge in [-0.1, -0.05) is 31.4 Å². The third-order valence-corrected chi connectivity index (χ3v) is 3.70. The predicted molar refractivity (Wildman–Crippen MR) is 72.1 cm³/mol. The van der Waals surface area contributed by atoms with E-state index < -0.39 is 0 Å². The SMILES string of the molecule is CC1CCCC(OCc2cc(Cl)ccc2N)C1. The highest BCUT2D eigenvalue weighted by Crippen LogP contribution is 2.27. The molecule has 1 saturated carbocycles. The molecule has 0 radical (unpaired) electrons. The Balaban J connectivity index is 1.90. The van der Waals surface area contributed by atoms with Gasteiger partial charge in [-0.15, -0.1) is 0 Å². The fourth-order valence-corrected chi connectivity index (χ4v) is 2.63. The van der Waals surface area contributed by atoms with Crippen molar-refractivity contribution >= 4 is 17.3 Å². The molecule has 2 N–H and O–H groups in total. The highest BCUT2D eigenvalue weighted by atomic mass is 35.5. The summed E-state index contributed by atoms with van der Waals surface area (Å²) in [6, 6.07) is 5.54. The smallest absolute Gasteiger partial charge is 0.0741 e. The molecule has 0 bridgehead atoms. The van der Waals surface area contributed by atoms with E-state index in [2.05, 4.69) is 6.92 Å². The van der Waals surface area contributed by atoms with Gasteiger partial charge in [0, 0.05) is 16.3 Å². The normalized spacial score (nSPS) is 24.8. The van der Waals surface area contributed by atoms with E-state index in [1.165, 1.54) is 25.7 Å². The summed E-state index contributed by atoms with van der Waals surface area (Å²) in [6.07, 6.45) is 5.33. The minimum Gasteiger partial charge on any atom is -0.398 e. The number of anilines is 1. The number of halogens is 1. The van der Waals surface area contributed by atoms with E-state index in [9.17, 15) is 0 Å². The number of hydrogen-bond donors (Lipinski definition) is 1. The molecule has 1 aromatic carbocycles. The number of benzene rings is 1. The molecule has 1 aliphatic rings. The van der Waals surface area contributed by atoms with Gasteiger partial charge in [0.15, 0.2) is 0 Å². The lowest BCUT2D eigenvalue weighted by Gasteiger charge is -2.27. The summed E-state index contributed by atoms with van der Waals surface area (Å²) in [6.45, 7) is 2.87. The molecule has 0 amide bonds. The molecule has 0 aromatic heterocycles. The van der Waals surface area contributed by atoms with Gasteiger partial charge in [0.2, 0.25) is 0 Å². The second-order valence-electron chi connectivity index (χ2n) is 5.05. The summed E-state index contributed by atoms with van der Waals surface area (Å²) in [5.41, 5.74) is 7.65. The van der Waals surface area contributed by atoms with Crippen molar-refractivity contribution < 1.29 is 4.74 Å². The molecule has 1 fully saturated rings. The Morgan fingerprint density at radius 2 is 2.24 bits per heavy atom. The molecule has 94 valence electrons. The van der Waals surface area contributed by atoms with E-state index in [1.807, 2.05) is 18.2 Å². The molecule has 0 heterocycles. The Bertz CT molecular complexity index is 380. The number of nitrogens with two attached hydrogens (primary N) is 1. The van der Waals surface area contributed by atoms with Gasteiger partial charge in [-0.05, 0) is 37.0 Å². The minimum absolute atomic E-state index is 0.386. The van der Waals surface area contributed by atoms with Gasteiger partial charge in [-0.2, -0.15) is 0 Å². The molecule has 0 aliphatic heterocycles. The lowest BCUT2D eigenvalue weighted by atomic mass is 9.89. The Hall–Kier alpha value is -0.730. The fourth-order valence-electron chi connectivity index (χ4n) is 2.44. The maximum Gasteiger partial charge on any atom is 0.0741 e. The van der Waals surface area contributed by atoms with Gasteiger partial charge in [0.1, 0.15) is 0 Å². The van der Waals surface area contributed by atoms with Crippen LogP contribution < -0.4 is 5.73 Å². The van der Waals surface area contributed by atoms with Gasteiger partial charge in [-0.25, -0.2) is 0 Å². The molecule has 2 nitrogen and oxygen atoms in total. The van der Waals surface area contributed by atoms with Crippen molar-refractivity contribution in [2.45, 2.75) is 45.3 Å². The molecular weight excluding hydrogens is 234 g/mol. The van der Waals surface area contributed by atoms with E-state index in [4.69, 9.17) is 22.1 Å². The summed E-state index contributed by atoms with van der Waals surface area (Å²) in [5, 5.41) is 0.717. The summed E-state index contributed by atoms with van der Waals surface area (Å²) in [4.78, 5) is 0. The Kier molecular flexibility index (Phi) is 4.30. The first kappa shape index (κ1) is 12.7. The fraction of sp³-hybridized carbons (Fsp3) is 0.571. The van der Waals surface area contributed by atoms with Gasteiger partial charge in [-0.3, -0.25) is 0 Å². The lowest BCUT2D eigenvalue weighted by molar-refractivity contribution is 0.00493. The quantitative estimate of drug-likeness (QED) is 0.826.